The van der Waals surface area contributed by atoms with Crippen LogP contribution in [0.25, 0.3) is 10.1 Å². The number of hydrogen-bond donors (Lipinski definition) is 0. The Morgan fingerprint density at radius 2 is 1.84 bits per heavy atom. The molecule has 19 heavy (non-hydrogen) atoms. The number of thiophene rings is 1. The van der Waals surface area contributed by atoms with Gasteiger partial charge in [0.25, 0.3) is 0 Å². The van der Waals surface area contributed by atoms with Crippen molar-refractivity contribution in [2.75, 3.05) is 0 Å². The lowest BCUT2D eigenvalue weighted by molar-refractivity contribution is -0.0868. The maximum Gasteiger partial charge on any atom is 0.600 e. The highest BCUT2D eigenvalue weighted by atomic mass is 35.5. The Bertz CT molecular complexity index is 600. The summed E-state index contributed by atoms with van der Waals surface area (Å²) in [7, 11) is -1.77. The molecule has 2 aromatic rings. The summed E-state index contributed by atoms with van der Waals surface area (Å²) in [6.07, 6.45) is 2.80. The highest BCUT2D eigenvalue weighted by Gasteiger charge is 2.50. The van der Waals surface area contributed by atoms with Crippen molar-refractivity contribution in [1.29, 1.82) is 0 Å². The number of rotatable bonds is 1. The van der Waals surface area contributed by atoms with Crippen LogP contribution in [0.15, 0.2) is 24.3 Å². The van der Waals surface area contributed by atoms with Gasteiger partial charge in [-0.15, -0.1) is 13.2 Å². The third-order valence-corrected chi connectivity index (χ3v) is 5.88. The van der Waals surface area contributed by atoms with Gasteiger partial charge in [0.1, 0.15) is 0 Å². The Kier molecular flexibility index (Phi) is 4.05. The molecule has 1 aliphatic carbocycles. The van der Waals surface area contributed by atoms with E-state index < -0.39 is 16.0 Å². The number of hydrogen-bond acceptors (Lipinski definition) is 0. The monoisotopic (exact) mass is 326 g/mol. The summed E-state index contributed by atoms with van der Waals surface area (Å²) >= 11 is 5.83. The lowest BCUT2D eigenvalue weighted by Crippen LogP contribution is -3.00. The molecule has 6 heteroatoms. The summed E-state index contributed by atoms with van der Waals surface area (Å²) < 4.78 is 40.2. The fourth-order valence-electron chi connectivity index (χ4n) is 2.38. The molecule has 1 aliphatic rings. The summed E-state index contributed by atoms with van der Waals surface area (Å²) in [6.45, 7) is 0. The zero-order valence-corrected chi connectivity index (χ0v) is 12.1. The normalized spacial score (nSPS) is 17.2. The number of halogens is 5. The van der Waals surface area contributed by atoms with Crippen LogP contribution in [0.5, 0.6) is 0 Å². The molecule has 0 bridgehead atoms. The quantitative estimate of drug-likeness (QED) is 0.707. The van der Waals surface area contributed by atoms with Crippen LogP contribution >= 0.6 is 22.1 Å². The topological polar surface area (TPSA) is 0 Å². The fourth-order valence-corrected chi connectivity index (χ4v) is 4.81. The largest absolute Gasteiger partial charge is 1.00 e. The number of fused-ring (bicyclic) bond motifs is 1. The summed E-state index contributed by atoms with van der Waals surface area (Å²) in [6, 6.07) is 6.54. The van der Waals surface area contributed by atoms with Crippen LogP contribution in [0.1, 0.15) is 30.1 Å². The van der Waals surface area contributed by atoms with Gasteiger partial charge in [-0.2, -0.15) is 0 Å². The van der Waals surface area contributed by atoms with E-state index in [0.29, 0.717) is 20.0 Å². The van der Waals surface area contributed by atoms with Gasteiger partial charge in [-0.05, 0) is 25.0 Å². The predicted octanol–water partition coefficient (Wildman–Crippen LogP) is 2.99. The van der Waals surface area contributed by atoms with Crippen LogP contribution in [-0.4, -0.2) is 0 Å². The minimum Gasteiger partial charge on any atom is -1.00 e. The second-order valence-corrected chi connectivity index (χ2v) is 7.03. The Labute approximate surface area is 122 Å². The van der Waals surface area contributed by atoms with Crippen molar-refractivity contribution in [1.82, 2.24) is 0 Å². The van der Waals surface area contributed by atoms with Gasteiger partial charge in [0.15, 0.2) is 9.58 Å². The first-order valence-electron chi connectivity index (χ1n) is 5.79. The van der Waals surface area contributed by atoms with Gasteiger partial charge >= 0.3 is 5.51 Å². The van der Waals surface area contributed by atoms with E-state index in [4.69, 9.17) is 11.6 Å². The lowest BCUT2D eigenvalue weighted by atomic mass is 9.84. The van der Waals surface area contributed by atoms with Crippen molar-refractivity contribution in [2.24, 2.45) is 0 Å². The van der Waals surface area contributed by atoms with Gasteiger partial charge < -0.3 is 12.4 Å². The minimum absolute atomic E-state index is 0. The molecule has 1 unspecified atom stereocenters. The number of benzene rings is 1. The first-order valence-corrected chi connectivity index (χ1v) is 7.39. The standard InChI is InChI=1S/C13H11ClF3S.ClH/c14-10-5-4-9-6-11(8-2-1-3-8)18(12(9)7-10)13(15,16)17;/h4-8H,1-3H2;1H/q+1;/p-1. The summed E-state index contributed by atoms with van der Waals surface area (Å²) in [5.74, 6) is 0.112. The van der Waals surface area contributed by atoms with E-state index in [2.05, 4.69) is 0 Å². The van der Waals surface area contributed by atoms with Crippen LogP contribution in [0.3, 0.4) is 0 Å². The maximum absolute atomic E-state index is 13.3. The molecule has 0 saturated heterocycles. The van der Waals surface area contributed by atoms with E-state index in [-0.39, 0.29) is 18.3 Å². The SMILES string of the molecule is FC(F)(F)[s+]1c(C2CCC2)cc2ccc(Cl)cc21.[Cl-]. The second kappa shape index (κ2) is 5.15. The van der Waals surface area contributed by atoms with Crippen molar-refractivity contribution in [3.8, 4) is 0 Å². The molecule has 0 nitrogen and oxygen atoms in total. The van der Waals surface area contributed by atoms with Crippen LogP contribution in [-0.2, 0) is 5.51 Å². The van der Waals surface area contributed by atoms with Gasteiger partial charge in [-0.3, -0.25) is 0 Å². The van der Waals surface area contributed by atoms with Crippen LogP contribution in [0, 0.1) is 0 Å². The molecular weight excluding hydrogens is 316 g/mol. The third-order valence-electron chi connectivity index (χ3n) is 3.47. The number of alkyl halides is 3. The van der Waals surface area contributed by atoms with E-state index in [1.165, 1.54) is 6.07 Å². The third kappa shape index (κ3) is 2.58. The second-order valence-electron chi connectivity index (χ2n) is 4.61. The van der Waals surface area contributed by atoms with E-state index in [0.717, 1.165) is 19.3 Å². The van der Waals surface area contributed by atoms with Gasteiger partial charge in [0, 0.05) is 28.5 Å². The first-order chi connectivity index (χ1) is 8.47. The molecule has 104 valence electrons. The Morgan fingerprint density at radius 1 is 1.16 bits per heavy atom. The molecule has 1 fully saturated rings. The predicted molar refractivity (Wildman–Crippen MR) is 69.3 cm³/mol. The van der Waals surface area contributed by atoms with Crippen molar-refractivity contribution in [2.45, 2.75) is 30.7 Å². The molecule has 0 spiro atoms. The molecule has 1 aromatic heterocycles. The summed E-state index contributed by atoms with van der Waals surface area (Å²) in [5, 5.41) is 1.06. The molecule has 0 radical (unpaired) electrons. The molecule has 1 atom stereocenters. The zero-order chi connectivity index (χ0) is 12.9. The van der Waals surface area contributed by atoms with Crippen molar-refractivity contribution in [3.05, 3.63) is 34.2 Å². The van der Waals surface area contributed by atoms with E-state index in [9.17, 15) is 13.2 Å². The highest BCUT2D eigenvalue weighted by Crippen LogP contribution is 2.56. The molecule has 0 amide bonds. The lowest BCUT2D eigenvalue weighted by Gasteiger charge is -2.21. The van der Waals surface area contributed by atoms with Crippen molar-refractivity contribution >= 4 is 32.2 Å². The summed E-state index contributed by atoms with van der Waals surface area (Å²) in [4.78, 5) is 0.561. The van der Waals surface area contributed by atoms with Gasteiger partial charge in [0.05, 0.1) is 10.5 Å². The maximum atomic E-state index is 13.3. The molecular formula is C13H11Cl2F3S. The molecule has 0 aliphatic heterocycles. The zero-order valence-electron chi connectivity index (χ0n) is 9.81. The van der Waals surface area contributed by atoms with Gasteiger partial charge in [-0.1, -0.05) is 18.0 Å². The van der Waals surface area contributed by atoms with Gasteiger partial charge in [-0.25, -0.2) is 0 Å². The molecule has 1 heterocycles. The van der Waals surface area contributed by atoms with E-state index >= 15 is 0 Å². The Hall–Kier alpha value is -0.450. The highest BCUT2D eigenvalue weighted by molar-refractivity contribution is 7.38. The molecule has 1 saturated carbocycles. The minimum atomic E-state index is -4.20. The van der Waals surface area contributed by atoms with E-state index in [1.807, 2.05) is 0 Å². The fraction of sp³-hybridized carbons (Fsp3) is 0.385. The first kappa shape index (κ1) is 14.9. The molecule has 3 rings (SSSR count). The van der Waals surface area contributed by atoms with E-state index in [1.54, 1.807) is 18.2 Å². The van der Waals surface area contributed by atoms with Crippen molar-refractivity contribution in [3.63, 3.8) is 0 Å². The summed E-state index contributed by atoms with van der Waals surface area (Å²) in [5.41, 5.74) is -4.20. The average molecular weight is 327 g/mol. The Balaban J connectivity index is 0.00000133. The smallest absolute Gasteiger partial charge is 0.600 e. The average Bonchev–Trinajstić information content (AvgIpc) is 2.51. The molecule has 0 N–H and O–H groups in total. The Morgan fingerprint density at radius 3 is 2.37 bits per heavy atom. The van der Waals surface area contributed by atoms with Crippen LogP contribution < -0.4 is 12.4 Å². The molecule has 1 aromatic carbocycles. The van der Waals surface area contributed by atoms with Crippen LogP contribution in [0.4, 0.5) is 13.2 Å². The van der Waals surface area contributed by atoms with Crippen molar-refractivity contribution < 1.29 is 25.6 Å². The van der Waals surface area contributed by atoms with Crippen LogP contribution in [0.2, 0.25) is 5.02 Å². The van der Waals surface area contributed by atoms with Gasteiger partial charge in [0.2, 0.25) is 0 Å².